The van der Waals surface area contributed by atoms with Crippen LogP contribution < -0.4 is 10.5 Å². The van der Waals surface area contributed by atoms with E-state index in [4.69, 9.17) is 15.2 Å². The highest BCUT2D eigenvalue weighted by Gasteiger charge is 2.09. The van der Waals surface area contributed by atoms with Crippen LogP contribution >= 0.6 is 0 Å². The van der Waals surface area contributed by atoms with Crippen molar-refractivity contribution < 1.29 is 19.0 Å². The Hall–Kier alpha value is -1.75. The number of rotatable bonds is 4. The number of anilines is 1. The Bertz CT molecular complexity index is 351. The summed E-state index contributed by atoms with van der Waals surface area (Å²) in [7, 11) is 2.92. The van der Waals surface area contributed by atoms with E-state index in [-0.39, 0.29) is 6.79 Å². The van der Waals surface area contributed by atoms with Crippen LogP contribution in [0.15, 0.2) is 18.2 Å². The molecule has 0 aliphatic heterocycles. The van der Waals surface area contributed by atoms with Crippen LogP contribution in [0, 0.1) is 0 Å². The fourth-order valence-corrected chi connectivity index (χ4v) is 1.03. The molecule has 0 radical (unpaired) electrons. The predicted octanol–water partition coefficient (Wildman–Crippen LogP) is 1.04. The van der Waals surface area contributed by atoms with Gasteiger partial charge in [-0.15, -0.1) is 0 Å². The van der Waals surface area contributed by atoms with Crippen LogP contribution in [0.1, 0.15) is 10.4 Å². The zero-order chi connectivity index (χ0) is 11.3. The molecule has 2 N–H and O–H groups in total. The molecular weight excluding hydrogens is 198 g/mol. The highest BCUT2D eigenvalue weighted by molar-refractivity contribution is 5.90. The molecule has 0 saturated carbocycles. The third-order valence-corrected chi connectivity index (χ3v) is 1.78. The molecule has 1 aromatic rings. The van der Waals surface area contributed by atoms with E-state index in [0.29, 0.717) is 17.0 Å². The Morgan fingerprint density at radius 2 is 2.13 bits per heavy atom. The molecule has 0 atom stereocenters. The second-order valence-corrected chi connectivity index (χ2v) is 2.80. The highest BCUT2D eigenvalue weighted by atomic mass is 16.7. The van der Waals surface area contributed by atoms with Crippen molar-refractivity contribution in [2.24, 2.45) is 0 Å². The lowest BCUT2D eigenvalue weighted by Crippen LogP contribution is -2.08. The molecule has 1 aromatic carbocycles. The lowest BCUT2D eigenvalue weighted by atomic mass is 10.2. The molecule has 0 amide bonds. The maximum atomic E-state index is 11.4. The molecule has 0 aliphatic carbocycles. The summed E-state index contributed by atoms with van der Waals surface area (Å²) in [5.74, 6) is -0.0305. The van der Waals surface area contributed by atoms with Crippen LogP contribution in [0.3, 0.4) is 0 Å². The standard InChI is InChI=1S/C10H13NO4/c1-13-6-15-10(12)7-3-4-8(11)9(5-7)14-2/h3-5H,6,11H2,1-2H3. The third-order valence-electron chi connectivity index (χ3n) is 1.78. The van der Waals surface area contributed by atoms with Crippen LogP contribution in [0.25, 0.3) is 0 Å². The van der Waals surface area contributed by atoms with Crippen molar-refractivity contribution in [3.8, 4) is 5.75 Å². The summed E-state index contributed by atoms with van der Waals surface area (Å²) in [5.41, 5.74) is 6.44. The van der Waals surface area contributed by atoms with Crippen molar-refractivity contribution in [3.05, 3.63) is 23.8 Å². The van der Waals surface area contributed by atoms with Gasteiger partial charge in [-0.25, -0.2) is 4.79 Å². The Morgan fingerprint density at radius 1 is 1.40 bits per heavy atom. The van der Waals surface area contributed by atoms with Crippen molar-refractivity contribution in [2.45, 2.75) is 0 Å². The molecule has 5 heteroatoms. The molecule has 15 heavy (non-hydrogen) atoms. The van der Waals surface area contributed by atoms with Gasteiger partial charge >= 0.3 is 5.97 Å². The molecule has 82 valence electrons. The van der Waals surface area contributed by atoms with Crippen molar-refractivity contribution in [1.29, 1.82) is 0 Å². The normalized spacial score (nSPS) is 9.73. The van der Waals surface area contributed by atoms with Crippen molar-refractivity contribution in [3.63, 3.8) is 0 Å². The summed E-state index contributed by atoms with van der Waals surface area (Å²) in [6, 6.07) is 4.67. The molecule has 0 bridgehead atoms. The SMILES string of the molecule is COCOC(=O)c1ccc(N)c(OC)c1. The zero-order valence-electron chi connectivity index (χ0n) is 8.65. The molecule has 0 aliphatic rings. The fourth-order valence-electron chi connectivity index (χ4n) is 1.03. The molecule has 0 heterocycles. The second-order valence-electron chi connectivity index (χ2n) is 2.80. The number of carbonyl (C=O) groups is 1. The summed E-state index contributed by atoms with van der Waals surface area (Å²) in [4.78, 5) is 11.4. The number of carbonyl (C=O) groups excluding carboxylic acids is 1. The maximum Gasteiger partial charge on any atom is 0.340 e. The lowest BCUT2D eigenvalue weighted by molar-refractivity contribution is -0.0125. The van der Waals surface area contributed by atoms with Crippen molar-refractivity contribution in [2.75, 3.05) is 26.7 Å². The van der Waals surface area contributed by atoms with Gasteiger partial charge < -0.3 is 19.9 Å². The van der Waals surface area contributed by atoms with E-state index in [0.717, 1.165) is 0 Å². The van der Waals surface area contributed by atoms with Gasteiger partial charge in [-0.2, -0.15) is 0 Å². The average molecular weight is 211 g/mol. The van der Waals surface area contributed by atoms with Crippen LogP contribution in [0.5, 0.6) is 5.75 Å². The summed E-state index contributed by atoms with van der Waals surface area (Å²) in [5, 5.41) is 0. The number of methoxy groups -OCH3 is 2. The molecule has 0 saturated heterocycles. The Morgan fingerprint density at radius 3 is 2.73 bits per heavy atom. The van der Waals surface area contributed by atoms with Gasteiger partial charge in [0.25, 0.3) is 0 Å². The van der Waals surface area contributed by atoms with E-state index >= 15 is 0 Å². The van der Waals surface area contributed by atoms with Gasteiger partial charge in [0, 0.05) is 7.11 Å². The van der Waals surface area contributed by atoms with Crippen LogP contribution in [0.2, 0.25) is 0 Å². The van der Waals surface area contributed by atoms with E-state index in [1.54, 1.807) is 12.1 Å². The van der Waals surface area contributed by atoms with Crippen molar-refractivity contribution >= 4 is 11.7 Å². The number of nitrogens with two attached hydrogens (primary N) is 1. The third kappa shape index (κ3) is 2.85. The van der Waals surface area contributed by atoms with Gasteiger partial charge in [0.05, 0.1) is 18.4 Å². The van der Waals surface area contributed by atoms with E-state index in [1.807, 2.05) is 0 Å². The van der Waals surface area contributed by atoms with Gasteiger partial charge in [0.1, 0.15) is 5.75 Å². The number of ether oxygens (including phenoxy) is 3. The number of hydrogen-bond acceptors (Lipinski definition) is 5. The second kappa shape index (κ2) is 5.21. The number of benzene rings is 1. The molecule has 0 spiro atoms. The molecule has 5 nitrogen and oxygen atoms in total. The van der Waals surface area contributed by atoms with Gasteiger partial charge in [0.15, 0.2) is 6.79 Å². The number of hydrogen-bond donors (Lipinski definition) is 1. The van der Waals surface area contributed by atoms with E-state index in [2.05, 4.69) is 4.74 Å². The minimum Gasteiger partial charge on any atom is -0.495 e. The summed E-state index contributed by atoms with van der Waals surface area (Å²) in [6.07, 6.45) is 0. The lowest BCUT2D eigenvalue weighted by Gasteiger charge is -2.07. The summed E-state index contributed by atoms with van der Waals surface area (Å²) < 4.78 is 14.4. The topological polar surface area (TPSA) is 70.8 Å². The number of nitrogen functional groups attached to an aromatic ring is 1. The van der Waals surface area contributed by atoms with Gasteiger partial charge in [-0.3, -0.25) is 0 Å². The largest absolute Gasteiger partial charge is 0.495 e. The van der Waals surface area contributed by atoms with Crippen molar-refractivity contribution in [1.82, 2.24) is 0 Å². The smallest absolute Gasteiger partial charge is 0.340 e. The Balaban J connectivity index is 2.81. The van der Waals surface area contributed by atoms with Crippen LogP contribution in [-0.2, 0) is 9.47 Å². The number of esters is 1. The first-order valence-corrected chi connectivity index (χ1v) is 4.28. The monoisotopic (exact) mass is 211 g/mol. The van der Waals surface area contributed by atoms with Crippen LogP contribution in [0.4, 0.5) is 5.69 Å². The first-order chi connectivity index (χ1) is 7.19. The summed E-state index contributed by atoms with van der Waals surface area (Å²) >= 11 is 0. The zero-order valence-corrected chi connectivity index (χ0v) is 8.65. The Labute approximate surface area is 87.7 Å². The van der Waals surface area contributed by atoms with E-state index < -0.39 is 5.97 Å². The minimum absolute atomic E-state index is 0.0779. The molecule has 0 unspecified atom stereocenters. The minimum atomic E-state index is -0.477. The van der Waals surface area contributed by atoms with Gasteiger partial charge in [0.2, 0.25) is 0 Å². The molecule has 0 aromatic heterocycles. The average Bonchev–Trinajstić information content (AvgIpc) is 2.26. The maximum absolute atomic E-state index is 11.4. The predicted molar refractivity (Wildman–Crippen MR) is 54.7 cm³/mol. The summed E-state index contributed by atoms with van der Waals surface area (Å²) in [6.45, 7) is -0.0779. The van der Waals surface area contributed by atoms with E-state index in [9.17, 15) is 4.79 Å². The first-order valence-electron chi connectivity index (χ1n) is 4.28. The van der Waals surface area contributed by atoms with Gasteiger partial charge in [-0.05, 0) is 18.2 Å². The van der Waals surface area contributed by atoms with Crippen LogP contribution in [-0.4, -0.2) is 27.0 Å². The van der Waals surface area contributed by atoms with Gasteiger partial charge in [-0.1, -0.05) is 0 Å². The molecular formula is C10H13NO4. The quantitative estimate of drug-likeness (QED) is 0.457. The first kappa shape index (κ1) is 11.3. The Kier molecular flexibility index (Phi) is 3.93. The molecule has 0 fully saturated rings. The highest BCUT2D eigenvalue weighted by Crippen LogP contribution is 2.22. The fraction of sp³-hybridized carbons (Fsp3) is 0.300. The molecule has 1 rings (SSSR count). The van der Waals surface area contributed by atoms with E-state index in [1.165, 1.54) is 20.3 Å².